The number of benzene rings is 11. The van der Waals surface area contributed by atoms with Crippen LogP contribution < -0.4 is 0 Å². The molecule has 0 nitrogen and oxygen atoms in total. The zero-order valence-electron chi connectivity index (χ0n) is 33.3. The summed E-state index contributed by atoms with van der Waals surface area (Å²) in [5, 5.41) is 15.7. The monoisotopic (exact) mass is 790 g/mol. The van der Waals surface area contributed by atoms with E-state index in [1.54, 1.807) is 0 Å². The Kier molecular flexibility index (Phi) is 7.77. The average Bonchev–Trinajstić information content (AvgIpc) is 3.71. The van der Waals surface area contributed by atoms with Gasteiger partial charge in [0.25, 0.3) is 0 Å². The Morgan fingerprint density at radius 3 is 1.25 bits per heavy atom. The fourth-order valence-corrected chi connectivity index (χ4v) is 12.3. The van der Waals surface area contributed by atoms with E-state index in [-0.39, 0.29) is 11.2 Å². The standard InChI is InChI=1S/C60H38S/c1-3-20-40-37(16-1)18-13-30-42(40)57-46-24-7-5-22-44(46)56(45-23-6-8-25-47(45)57)39-34-35-55-54(36-39)52-32-15-33-53(60(52)61-55)59-50-28-11-9-26-48(50)58(49-27-10-12-29-51(49)59)43-31-14-19-38-17-2-4-21-41(38)43/h1-36,52,60H. The van der Waals surface area contributed by atoms with E-state index in [2.05, 4.69) is 218 Å². The van der Waals surface area contributed by atoms with Gasteiger partial charge in [0, 0.05) is 16.1 Å². The highest BCUT2D eigenvalue weighted by Gasteiger charge is 2.37. The summed E-state index contributed by atoms with van der Waals surface area (Å²) in [5.74, 6) is 0.253. The van der Waals surface area contributed by atoms with Crippen LogP contribution >= 0.6 is 11.8 Å². The third kappa shape index (κ3) is 5.21. The number of rotatable bonds is 4. The van der Waals surface area contributed by atoms with Crippen molar-refractivity contribution in [1.29, 1.82) is 0 Å². The predicted octanol–water partition coefficient (Wildman–Crippen LogP) is 16.8. The van der Waals surface area contributed by atoms with Gasteiger partial charge < -0.3 is 0 Å². The number of hydrogen-bond donors (Lipinski definition) is 0. The lowest BCUT2D eigenvalue weighted by atomic mass is 9.79. The van der Waals surface area contributed by atoms with E-state index < -0.39 is 0 Å². The van der Waals surface area contributed by atoms with Crippen LogP contribution in [-0.4, -0.2) is 5.25 Å². The van der Waals surface area contributed by atoms with Crippen molar-refractivity contribution >= 4 is 82.0 Å². The van der Waals surface area contributed by atoms with Crippen molar-refractivity contribution in [2.24, 2.45) is 0 Å². The molecule has 2 aliphatic rings. The van der Waals surface area contributed by atoms with E-state index in [1.807, 2.05) is 11.8 Å². The first-order valence-corrected chi connectivity index (χ1v) is 22.2. The molecule has 0 spiro atoms. The Morgan fingerprint density at radius 2 is 0.754 bits per heavy atom. The molecule has 1 aliphatic heterocycles. The third-order valence-corrected chi connectivity index (χ3v) is 14.8. The highest BCUT2D eigenvalue weighted by Crippen LogP contribution is 2.56. The van der Waals surface area contributed by atoms with Gasteiger partial charge in [-0.15, -0.1) is 11.8 Å². The molecule has 0 bridgehead atoms. The zero-order chi connectivity index (χ0) is 40.0. The maximum atomic E-state index is 2.52. The van der Waals surface area contributed by atoms with Crippen molar-refractivity contribution in [3.05, 3.63) is 230 Å². The van der Waals surface area contributed by atoms with E-state index >= 15 is 0 Å². The molecule has 0 amide bonds. The van der Waals surface area contributed by atoms with Crippen molar-refractivity contribution in [2.45, 2.75) is 16.1 Å². The van der Waals surface area contributed by atoms with Gasteiger partial charge in [-0.05, 0) is 127 Å². The largest absolute Gasteiger partial charge is 0.117 e. The van der Waals surface area contributed by atoms with Crippen molar-refractivity contribution in [3.63, 3.8) is 0 Å². The summed E-state index contributed by atoms with van der Waals surface area (Å²) >= 11 is 2.04. The maximum Gasteiger partial charge on any atom is 0.0454 e. The summed E-state index contributed by atoms with van der Waals surface area (Å²) in [6, 6.07) is 74.7. The molecule has 2 atom stereocenters. The SMILES string of the molecule is C1=CC2c3cc(-c4c5ccccc5c(-c5cccc6ccccc56)c5ccccc45)ccc3SC2C(c2c3ccccc3c(-c3cccc4ccccc34)c3ccccc23)=C1. The summed E-state index contributed by atoms with van der Waals surface area (Å²) in [7, 11) is 0. The van der Waals surface area contributed by atoms with Crippen LogP contribution in [0.3, 0.4) is 0 Å². The molecule has 0 fully saturated rings. The molecule has 1 heteroatoms. The van der Waals surface area contributed by atoms with E-state index in [1.165, 1.54) is 120 Å². The lowest BCUT2D eigenvalue weighted by Crippen LogP contribution is -2.14. The van der Waals surface area contributed by atoms with Crippen LogP contribution in [0.2, 0.25) is 0 Å². The van der Waals surface area contributed by atoms with Gasteiger partial charge in [0.15, 0.2) is 0 Å². The van der Waals surface area contributed by atoms with Crippen LogP contribution in [0.15, 0.2) is 223 Å². The van der Waals surface area contributed by atoms with Gasteiger partial charge in [0.1, 0.15) is 0 Å². The van der Waals surface area contributed by atoms with Gasteiger partial charge >= 0.3 is 0 Å². The molecule has 0 aromatic heterocycles. The second-order valence-electron chi connectivity index (χ2n) is 16.6. The van der Waals surface area contributed by atoms with Gasteiger partial charge in [-0.2, -0.15) is 0 Å². The number of thioether (sulfide) groups is 1. The van der Waals surface area contributed by atoms with Crippen LogP contribution in [0.25, 0.3) is 104 Å². The first-order valence-electron chi connectivity index (χ1n) is 21.3. The molecular formula is C60H38S. The van der Waals surface area contributed by atoms with Crippen molar-refractivity contribution in [3.8, 4) is 33.4 Å². The number of fused-ring (bicyclic) bond motifs is 9. The Morgan fingerprint density at radius 1 is 0.344 bits per heavy atom. The summed E-state index contributed by atoms with van der Waals surface area (Å²) in [4.78, 5) is 1.37. The van der Waals surface area contributed by atoms with Gasteiger partial charge in [0.05, 0.1) is 0 Å². The average molecular weight is 791 g/mol. The van der Waals surface area contributed by atoms with Crippen LogP contribution in [0.1, 0.15) is 17.0 Å². The summed E-state index contributed by atoms with van der Waals surface area (Å²) in [6.45, 7) is 0. The van der Waals surface area contributed by atoms with Crippen LogP contribution in [0.4, 0.5) is 0 Å². The fraction of sp³-hybridized carbons (Fsp3) is 0.0333. The van der Waals surface area contributed by atoms with Gasteiger partial charge in [-0.3, -0.25) is 0 Å². The lowest BCUT2D eigenvalue weighted by Gasteiger charge is -2.27. The van der Waals surface area contributed by atoms with E-state index in [0.29, 0.717) is 0 Å². The molecule has 11 aromatic carbocycles. The highest BCUT2D eigenvalue weighted by molar-refractivity contribution is 8.00. The van der Waals surface area contributed by atoms with Crippen molar-refractivity contribution in [1.82, 2.24) is 0 Å². The van der Waals surface area contributed by atoms with Crippen LogP contribution in [0, 0.1) is 0 Å². The third-order valence-electron chi connectivity index (χ3n) is 13.4. The molecule has 2 unspecified atom stereocenters. The Labute approximate surface area is 359 Å². The molecule has 1 heterocycles. The normalized spacial score (nSPS) is 15.8. The molecule has 284 valence electrons. The Bertz CT molecular complexity index is 3570. The summed E-state index contributed by atoms with van der Waals surface area (Å²) in [5.41, 5.74) is 11.9. The molecule has 0 N–H and O–H groups in total. The topological polar surface area (TPSA) is 0 Å². The van der Waals surface area contributed by atoms with E-state index in [4.69, 9.17) is 0 Å². The van der Waals surface area contributed by atoms with Crippen molar-refractivity contribution < 1.29 is 0 Å². The summed E-state index contributed by atoms with van der Waals surface area (Å²) in [6.07, 6.45) is 7.18. The smallest absolute Gasteiger partial charge is 0.0454 e. The summed E-state index contributed by atoms with van der Waals surface area (Å²) < 4.78 is 0. The molecule has 11 aromatic rings. The van der Waals surface area contributed by atoms with Gasteiger partial charge in [-0.1, -0.05) is 206 Å². The molecule has 0 saturated heterocycles. The molecule has 61 heavy (non-hydrogen) atoms. The quantitative estimate of drug-likeness (QED) is 0.160. The molecule has 13 rings (SSSR count). The molecule has 0 radical (unpaired) electrons. The number of allylic oxidation sites excluding steroid dienone is 3. The Balaban J connectivity index is 0.976. The minimum atomic E-state index is 0.253. The minimum Gasteiger partial charge on any atom is -0.117 e. The van der Waals surface area contributed by atoms with E-state index in [9.17, 15) is 0 Å². The fourth-order valence-electron chi connectivity index (χ4n) is 10.9. The first-order chi connectivity index (χ1) is 30.3. The second-order valence-corrected chi connectivity index (χ2v) is 17.7. The molecular weight excluding hydrogens is 753 g/mol. The van der Waals surface area contributed by atoms with Gasteiger partial charge in [0.2, 0.25) is 0 Å². The second kappa shape index (κ2) is 13.7. The highest BCUT2D eigenvalue weighted by atomic mass is 32.2. The predicted molar refractivity (Wildman–Crippen MR) is 264 cm³/mol. The van der Waals surface area contributed by atoms with Gasteiger partial charge in [-0.25, -0.2) is 0 Å². The van der Waals surface area contributed by atoms with Crippen LogP contribution in [-0.2, 0) is 0 Å². The van der Waals surface area contributed by atoms with E-state index in [0.717, 1.165) is 0 Å². The molecule has 0 saturated carbocycles. The van der Waals surface area contributed by atoms with Crippen molar-refractivity contribution in [2.75, 3.05) is 0 Å². The maximum absolute atomic E-state index is 2.52. The Hall–Kier alpha value is -7.19. The minimum absolute atomic E-state index is 0.253. The lowest BCUT2D eigenvalue weighted by molar-refractivity contribution is 0.895. The number of hydrogen-bond acceptors (Lipinski definition) is 1. The zero-order valence-corrected chi connectivity index (χ0v) is 34.2. The van der Waals surface area contributed by atoms with Crippen LogP contribution in [0.5, 0.6) is 0 Å². The molecule has 1 aliphatic carbocycles. The first kappa shape index (κ1) is 34.7.